The second kappa shape index (κ2) is 9.67. The zero-order chi connectivity index (χ0) is 20.8. The largest absolute Gasteiger partial charge is 0.351 e. The zero-order valence-corrected chi connectivity index (χ0v) is 17.0. The standard InChI is InChI=1S/C22H28N6O2/c29-20(25-17-6-2-1-3-7-17)16-27-14-9-18(10-15-27)26-21(30)19-8-4-13-28(19)22-23-11-5-12-24-22/h1-3,5-7,11-12,18-19H,4,8-10,13-16H2,(H,25,29)(H,26,30)/t19-/m0/s1. The number of nitrogens with one attached hydrogen (secondary N) is 2. The Balaban J connectivity index is 1.22. The molecule has 2 aromatic rings. The summed E-state index contributed by atoms with van der Waals surface area (Å²) in [7, 11) is 0. The van der Waals surface area contributed by atoms with E-state index in [0.717, 1.165) is 51.0 Å². The number of amides is 2. The summed E-state index contributed by atoms with van der Waals surface area (Å²) in [6.45, 7) is 2.76. The molecule has 0 bridgehead atoms. The average molecular weight is 409 g/mol. The van der Waals surface area contributed by atoms with E-state index < -0.39 is 0 Å². The number of anilines is 2. The molecule has 2 aliphatic heterocycles. The van der Waals surface area contributed by atoms with Crippen molar-refractivity contribution in [1.29, 1.82) is 0 Å². The number of hydrogen-bond donors (Lipinski definition) is 2. The fourth-order valence-corrected chi connectivity index (χ4v) is 4.18. The lowest BCUT2D eigenvalue weighted by Crippen LogP contribution is -2.51. The van der Waals surface area contributed by atoms with Gasteiger partial charge in [-0.25, -0.2) is 9.97 Å². The van der Waals surface area contributed by atoms with Gasteiger partial charge in [0.15, 0.2) is 0 Å². The SMILES string of the molecule is O=C(CN1CCC(NC(=O)[C@@H]2CCCN2c2ncccn2)CC1)Nc1ccccc1. The van der Waals surface area contributed by atoms with Gasteiger partial charge in [0, 0.05) is 43.8 Å². The van der Waals surface area contributed by atoms with Crippen molar-refractivity contribution in [3.63, 3.8) is 0 Å². The van der Waals surface area contributed by atoms with E-state index in [0.29, 0.717) is 12.5 Å². The molecule has 2 saturated heterocycles. The number of hydrogen-bond acceptors (Lipinski definition) is 6. The molecule has 2 amide bonds. The Kier molecular flexibility index (Phi) is 6.53. The molecule has 0 radical (unpaired) electrons. The normalized spacial score (nSPS) is 20.1. The summed E-state index contributed by atoms with van der Waals surface area (Å²) >= 11 is 0. The highest BCUT2D eigenvalue weighted by molar-refractivity contribution is 5.92. The van der Waals surface area contributed by atoms with E-state index in [1.807, 2.05) is 35.2 Å². The number of likely N-dealkylation sites (tertiary alicyclic amines) is 1. The number of rotatable bonds is 6. The molecule has 8 nitrogen and oxygen atoms in total. The topological polar surface area (TPSA) is 90.5 Å². The van der Waals surface area contributed by atoms with E-state index in [2.05, 4.69) is 25.5 Å². The molecule has 0 spiro atoms. The van der Waals surface area contributed by atoms with E-state index in [1.54, 1.807) is 18.5 Å². The third-order valence-electron chi connectivity index (χ3n) is 5.72. The summed E-state index contributed by atoms with van der Waals surface area (Å²) in [5.74, 6) is 0.669. The molecule has 2 fully saturated rings. The Morgan fingerprint density at radius 3 is 2.43 bits per heavy atom. The van der Waals surface area contributed by atoms with Crippen LogP contribution in [0, 0.1) is 0 Å². The Morgan fingerprint density at radius 1 is 0.967 bits per heavy atom. The molecule has 0 unspecified atom stereocenters. The second-order valence-corrected chi connectivity index (χ2v) is 7.87. The van der Waals surface area contributed by atoms with Crippen LogP contribution >= 0.6 is 0 Å². The van der Waals surface area contributed by atoms with Crippen molar-refractivity contribution in [2.24, 2.45) is 0 Å². The van der Waals surface area contributed by atoms with Crippen molar-refractivity contribution < 1.29 is 9.59 Å². The van der Waals surface area contributed by atoms with Gasteiger partial charge in [-0.15, -0.1) is 0 Å². The summed E-state index contributed by atoms with van der Waals surface area (Å²) in [6.07, 6.45) is 6.89. The molecule has 1 aromatic carbocycles. The highest BCUT2D eigenvalue weighted by Crippen LogP contribution is 2.22. The molecule has 2 aliphatic rings. The first-order valence-electron chi connectivity index (χ1n) is 10.6. The van der Waals surface area contributed by atoms with Gasteiger partial charge in [-0.05, 0) is 43.9 Å². The van der Waals surface area contributed by atoms with Crippen molar-refractivity contribution in [3.05, 3.63) is 48.8 Å². The van der Waals surface area contributed by atoms with E-state index in [4.69, 9.17) is 0 Å². The molecule has 30 heavy (non-hydrogen) atoms. The molecule has 8 heteroatoms. The first kappa shape index (κ1) is 20.3. The minimum atomic E-state index is -0.206. The second-order valence-electron chi connectivity index (χ2n) is 7.87. The Hall–Kier alpha value is -3.00. The highest BCUT2D eigenvalue weighted by atomic mass is 16.2. The number of para-hydroxylation sites is 1. The molecule has 4 rings (SSSR count). The predicted molar refractivity (Wildman–Crippen MR) is 115 cm³/mol. The van der Waals surface area contributed by atoms with Gasteiger partial charge in [-0.3, -0.25) is 14.5 Å². The van der Waals surface area contributed by atoms with Crippen molar-refractivity contribution in [3.8, 4) is 0 Å². The summed E-state index contributed by atoms with van der Waals surface area (Å²) < 4.78 is 0. The van der Waals surface area contributed by atoms with E-state index in [-0.39, 0.29) is 23.9 Å². The molecule has 2 N–H and O–H groups in total. The zero-order valence-electron chi connectivity index (χ0n) is 17.0. The van der Waals surface area contributed by atoms with Gasteiger partial charge in [0.2, 0.25) is 17.8 Å². The van der Waals surface area contributed by atoms with Gasteiger partial charge in [0.05, 0.1) is 6.54 Å². The van der Waals surface area contributed by atoms with Crippen LogP contribution in [0.15, 0.2) is 48.8 Å². The van der Waals surface area contributed by atoms with Crippen LogP contribution in [-0.4, -0.2) is 64.9 Å². The maximum Gasteiger partial charge on any atom is 0.243 e. The van der Waals surface area contributed by atoms with Crippen molar-refractivity contribution >= 4 is 23.5 Å². The van der Waals surface area contributed by atoms with Crippen LogP contribution in [0.25, 0.3) is 0 Å². The summed E-state index contributed by atoms with van der Waals surface area (Å²) in [6, 6.07) is 11.2. The minimum Gasteiger partial charge on any atom is -0.351 e. The first-order chi connectivity index (χ1) is 14.7. The molecule has 0 aliphatic carbocycles. The Labute approximate surface area is 176 Å². The predicted octanol–water partition coefficient (Wildman–Crippen LogP) is 1.66. The van der Waals surface area contributed by atoms with Crippen LogP contribution < -0.4 is 15.5 Å². The molecule has 3 heterocycles. The number of piperidine rings is 1. The maximum absolute atomic E-state index is 12.9. The fraction of sp³-hybridized carbons (Fsp3) is 0.455. The van der Waals surface area contributed by atoms with Gasteiger partial charge >= 0.3 is 0 Å². The number of carbonyl (C=O) groups is 2. The first-order valence-corrected chi connectivity index (χ1v) is 10.6. The van der Waals surface area contributed by atoms with Crippen molar-refractivity contribution in [2.45, 2.75) is 37.8 Å². The van der Waals surface area contributed by atoms with Gasteiger partial charge in [0.25, 0.3) is 0 Å². The third-order valence-corrected chi connectivity index (χ3v) is 5.72. The Bertz CT molecular complexity index is 839. The van der Waals surface area contributed by atoms with Crippen LogP contribution in [0.3, 0.4) is 0 Å². The molecular formula is C22H28N6O2. The number of benzene rings is 1. The molecular weight excluding hydrogens is 380 g/mol. The van der Waals surface area contributed by atoms with E-state index in [9.17, 15) is 9.59 Å². The lowest BCUT2D eigenvalue weighted by atomic mass is 10.0. The van der Waals surface area contributed by atoms with Crippen molar-refractivity contribution in [1.82, 2.24) is 20.2 Å². The monoisotopic (exact) mass is 408 g/mol. The Morgan fingerprint density at radius 2 is 1.70 bits per heavy atom. The fourth-order valence-electron chi connectivity index (χ4n) is 4.18. The quantitative estimate of drug-likeness (QED) is 0.756. The molecule has 158 valence electrons. The lowest BCUT2D eigenvalue weighted by molar-refractivity contribution is -0.123. The highest BCUT2D eigenvalue weighted by Gasteiger charge is 2.34. The van der Waals surface area contributed by atoms with Gasteiger partial charge < -0.3 is 15.5 Å². The van der Waals surface area contributed by atoms with Gasteiger partial charge in [0.1, 0.15) is 6.04 Å². The van der Waals surface area contributed by atoms with Crippen LogP contribution in [-0.2, 0) is 9.59 Å². The molecule has 0 saturated carbocycles. The van der Waals surface area contributed by atoms with Crippen molar-refractivity contribution in [2.75, 3.05) is 36.4 Å². The molecule has 1 atom stereocenters. The summed E-state index contributed by atoms with van der Waals surface area (Å²) in [5, 5.41) is 6.13. The van der Waals surface area contributed by atoms with Gasteiger partial charge in [-0.2, -0.15) is 0 Å². The number of aromatic nitrogens is 2. The molecule has 1 aromatic heterocycles. The maximum atomic E-state index is 12.9. The van der Waals surface area contributed by atoms with E-state index in [1.165, 1.54) is 0 Å². The smallest absolute Gasteiger partial charge is 0.243 e. The summed E-state index contributed by atoms with van der Waals surface area (Å²) in [5.41, 5.74) is 0.813. The van der Waals surface area contributed by atoms with Crippen LogP contribution in [0.5, 0.6) is 0 Å². The van der Waals surface area contributed by atoms with E-state index >= 15 is 0 Å². The summed E-state index contributed by atoms with van der Waals surface area (Å²) in [4.78, 5) is 37.9. The minimum absolute atomic E-state index is 0.00635. The van der Waals surface area contributed by atoms with Crippen LogP contribution in [0.2, 0.25) is 0 Å². The number of nitrogens with zero attached hydrogens (tertiary/aromatic N) is 4. The van der Waals surface area contributed by atoms with Crippen LogP contribution in [0.4, 0.5) is 11.6 Å². The lowest BCUT2D eigenvalue weighted by Gasteiger charge is -2.33. The van der Waals surface area contributed by atoms with Crippen LogP contribution in [0.1, 0.15) is 25.7 Å². The third kappa shape index (κ3) is 5.13. The average Bonchev–Trinajstić information content (AvgIpc) is 3.27. The van der Waals surface area contributed by atoms with Gasteiger partial charge in [-0.1, -0.05) is 18.2 Å². The number of carbonyl (C=O) groups excluding carboxylic acids is 2.